The van der Waals surface area contributed by atoms with Gasteiger partial charge in [-0.1, -0.05) is 18.2 Å². The molecule has 0 amide bonds. The fourth-order valence-electron chi connectivity index (χ4n) is 1.73. The Kier molecular flexibility index (Phi) is 6.09. The quantitative estimate of drug-likeness (QED) is 0.469. The van der Waals surface area contributed by atoms with Gasteiger partial charge >= 0.3 is 0 Å². The van der Waals surface area contributed by atoms with E-state index in [9.17, 15) is 0 Å². The maximum atomic E-state index is 5.32. The summed E-state index contributed by atoms with van der Waals surface area (Å²) in [5.74, 6) is 1.78. The smallest absolute Gasteiger partial charge is 0.191 e. The molecule has 0 radical (unpaired) electrons. The van der Waals surface area contributed by atoms with E-state index in [2.05, 4.69) is 33.7 Å². The molecule has 2 heterocycles. The fourth-order valence-corrected chi connectivity index (χ4v) is 2.36. The topological polar surface area (TPSA) is 49.6 Å². The molecule has 0 aliphatic carbocycles. The molecule has 0 saturated carbocycles. The van der Waals surface area contributed by atoms with Crippen molar-refractivity contribution in [2.45, 2.75) is 19.9 Å². The van der Waals surface area contributed by atoms with Crippen molar-refractivity contribution in [3.63, 3.8) is 0 Å². The Bertz CT molecular complexity index is 558. The maximum Gasteiger partial charge on any atom is 0.191 e. The number of nitrogens with one attached hydrogen (secondary N) is 2. The monoisotopic (exact) mass is 303 g/mol. The van der Waals surface area contributed by atoms with Gasteiger partial charge in [-0.25, -0.2) is 4.99 Å². The van der Waals surface area contributed by atoms with Gasteiger partial charge in [-0.3, -0.25) is 0 Å². The number of hydrogen-bond donors (Lipinski definition) is 2. The zero-order chi connectivity index (χ0) is 14.9. The highest BCUT2D eigenvalue weighted by molar-refractivity contribution is 7.09. The van der Waals surface area contributed by atoms with Crippen LogP contribution in [0.5, 0.6) is 0 Å². The molecule has 0 spiro atoms. The Hall–Kier alpha value is -2.01. The molecular formula is C16H21N3OS. The number of thiophene rings is 1. The average molecular weight is 303 g/mol. The number of guanidine groups is 1. The average Bonchev–Trinajstić information content (AvgIpc) is 3.14. The molecule has 4 nitrogen and oxygen atoms in total. The van der Waals surface area contributed by atoms with E-state index in [1.54, 1.807) is 17.6 Å². The van der Waals surface area contributed by atoms with Gasteiger partial charge in [-0.05, 0) is 30.5 Å². The first kappa shape index (κ1) is 15.4. The number of aliphatic imine (C=N–C) groups is 1. The molecule has 2 aromatic rings. The third-order valence-electron chi connectivity index (χ3n) is 2.77. The zero-order valence-corrected chi connectivity index (χ0v) is 13.1. The molecule has 5 heteroatoms. The van der Waals surface area contributed by atoms with Crippen LogP contribution in [0.25, 0.3) is 0 Å². The van der Waals surface area contributed by atoms with Crippen molar-refractivity contribution >= 4 is 17.3 Å². The van der Waals surface area contributed by atoms with E-state index < -0.39 is 0 Å². The van der Waals surface area contributed by atoms with Crippen molar-refractivity contribution < 1.29 is 4.42 Å². The van der Waals surface area contributed by atoms with Crippen LogP contribution in [-0.2, 0) is 13.0 Å². The van der Waals surface area contributed by atoms with E-state index in [0.717, 1.165) is 36.8 Å². The lowest BCUT2D eigenvalue weighted by Crippen LogP contribution is -2.39. The number of hydrogen-bond acceptors (Lipinski definition) is 3. The summed E-state index contributed by atoms with van der Waals surface area (Å²) in [5, 5.41) is 8.66. The molecule has 0 aliphatic heterocycles. The summed E-state index contributed by atoms with van der Waals surface area (Å²) < 4.78 is 5.32. The van der Waals surface area contributed by atoms with Gasteiger partial charge in [-0.15, -0.1) is 11.3 Å². The van der Waals surface area contributed by atoms with E-state index in [4.69, 9.17) is 4.42 Å². The van der Waals surface area contributed by atoms with Crippen molar-refractivity contribution in [2.24, 2.45) is 4.99 Å². The third kappa shape index (κ3) is 5.87. The standard InChI is InChI=1S/C16H21N3OS/c1-13(2)11-18-16(19-12-15-6-4-10-21-15)17-8-7-14-5-3-9-20-14/h3-6,9-10H,1,7-8,11-12H2,2H3,(H2,17,18,19). The van der Waals surface area contributed by atoms with Crippen LogP contribution >= 0.6 is 11.3 Å². The normalized spacial score (nSPS) is 11.4. The van der Waals surface area contributed by atoms with E-state index in [-0.39, 0.29) is 0 Å². The minimum Gasteiger partial charge on any atom is -0.469 e. The Labute approximate surface area is 129 Å². The first-order valence-corrected chi connectivity index (χ1v) is 7.83. The van der Waals surface area contributed by atoms with Crippen LogP contribution in [0.2, 0.25) is 0 Å². The van der Waals surface area contributed by atoms with Gasteiger partial charge in [0.25, 0.3) is 0 Å². The Morgan fingerprint density at radius 3 is 2.90 bits per heavy atom. The van der Waals surface area contributed by atoms with E-state index >= 15 is 0 Å². The van der Waals surface area contributed by atoms with Crippen molar-refractivity contribution in [2.75, 3.05) is 13.1 Å². The van der Waals surface area contributed by atoms with Crippen LogP contribution < -0.4 is 10.6 Å². The van der Waals surface area contributed by atoms with Crippen LogP contribution in [0, 0.1) is 0 Å². The lowest BCUT2D eigenvalue weighted by molar-refractivity contribution is 0.507. The molecular weight excluding hydrogens is 282 g/mol. The molecule has 0 unspecified atom stereocenters. The Balaban J connectivity index is 1.84. The summed E-state index contributed by atoms with van der Waals surface area (Å²) >= 11 is 1.72. The molecule has 2 rings (SSSR count). The molecule has 112 valence electrons. The summed E-state index contributed by atoms with van der Waals surface area (Å²) in [5.41, 5.74) is 1.08. The van der Waals surface area contributed by atoms with E-state index in [1.807, 2.05) is 25.1 Å². The second-order valence-corrected chi connectivity index (χ2v) is 5.84. The molecule has 2 N–H and O–H groups in total. The largest absolute Gasteiger partial charge is 0.469 e. The molecule has 0 atom stereocenters. The fraction of sp³-hybridized carbons (Fsp3) is 0.312. The SMILES string of the molecule is C=C(C)CNC(=NCc1cccs1)NCCc1ccco1. The summed E-state index contributed by atoms with van der Waals surface area (Å²) in [7, 11) is 0. The van der Waals surface area contributed by atoms with Gasteiger partial charge < -0.3 is 15.1 Å². The first-order chi connectivity index (χ1) is 10.2. The van der Waals surface area contributed by atoms with Gasteiger partial charge in [0.15, 0.2) is 5.96 Å². The minimum absolute atomic E-state index is 0.684. The molecule has 0 aliphatic rings. The predicted octanol–water partition coefficient (Wildman–Crippen LogP) is 3.20. The van der Waals surface area contributed by atoms with Gasteiger partial charge in [0.05, 0.1) is 12.8 Å². The molecule has 0 aromatic carbocycles. The Morgan fingerprint density at radius 1 is 1.33 bits per heavy atom. The highest BCUT2D eigenvalue weighted by atomic mass is 32.1. The Morgan fingerprint density at radius 2 is 2.24 bits per heavy atom. The van der Waals surface area contributed by atoms with Gasteiger partial charge in [-0.2, -0.15) is 0 Å². The summed E-state index contributed by atoms with van der Waals surface area (Å²) in [6.07, 6.45) is 2.53. The van der Waals surface area contributed by atoms with Crippen molar-refractivity contribution in [3.8, 4) is 0 Å². The molecule has 2 aromatic heterocycles. The van der Waals surface area contributed by atoms with Gasteiger partial charge in [0.2, 0.25) is 0 Å². The second-order valence-electron chi connectivity index (χ2n) is 4.81. The molecule has 21 heavy (non-hydrogen) atoms. The van der Waals surface area contributed by atoms with Crippen LogP contribution in [0.1, 0.15) is 17.6 Å². The van der Waals surface area contributed by atoms with Crippen LogP contribution in [0.15, 0.2) is 57.5 Å². The summed E-state index contributed by atoms with van der Waals surface area (Å²) in [6, 6.07) is 8.01. The molecule has 0 bridgehead atoms. The van der Waals surface area contributed by atoms with E-state index in [1.165, 1.54) is 4.88 Å². The summed E-state index contributed by atoms with van der Waals surface area (Å²) in [6.45, 7) is 8.07. The van der Waals surface area contributed by atoms with Gasteiger partial charge in [0.1, 0.15) is 5.76 Å². The second kappa shape index (κ2) is 8.32. The number of furan rings is 1. The molecule has 0 fully saturated rings. The van der Waals surface area contributed by atoms with E-state index in [0.29, 0.717) is 6.54 Å². The van der Waals surface area contributed by atoms with Crippen LogP contribution in [0.3, 0.4) is 0 Å². The third-order valence-corrected chi connectivity index (χ3v) is 3.64. The number of rotatable bonds is 7. The minimum atomic E-state index is 0.684. The predicted molar refractivity (Wildman–Crippen MR) is 88.7 cm³/mol. The first-order valence-electron chi connectivity index (χ1n) is 6.95. The lowest BCUT2D eigenvalue weighted by Gasteiger charge is -2.12. The van der Waals surface area contributed by atoms with Crippen molar-refractivity contribution in [3.05, 3.63) is 58.7 Å². The highest BCUT2D eigenvalue weighted by Crippen LogP contribution is 2.09. The summed E-state index contributed by atoms with van der Waals surface area (Å²) in [4.78, 5) is 5.84. The van der Waals surface area contributed by atoms with Crippen molar-refractivity contribution in [1.82, 2.24) is 10.6 Å². The lowest BCUT2D eigenvalue weighted by atomic mass is 10.3. The molecule has 0 saturated heterocycles. The van der Waals surface area contributed by atoms with Crippen LogP contribution in [0.4, 0.5) is 0 Å². The van der Waals surface area contributed by atoms with Crippen molar-refractivity contribution in [1.29, 1.82) is 0 Å². The zero-order valence-electron chi connectivity index (χ0n) is 12.3. The maximum absolute atomic E-state index is 5.32. The highest BCUT2D eigenvalue weighted by Gasteiger charge is 2.01. The number of nitrogens with zero attached hydrogens (tertiary/aromatic N) is 1. The van der Waals surface area contributed by atoms with Crippen LogP contribution in [-0.4, -0.2) is 19.0 Å². The van der Waals surface area contributed by atoms with Gasteiger partial charge in [0, 0.05) is 24.4 Å².